The van der Waals surface area contributed by atoms with E-state index in [0.29, 0.717) is 5.56 Å². The van der Waals surface area contributed by atoms with Crippen molar-refractivity contribution in [1.82, 2.24) is 9.38 Å². The zero-order valence-electron chi connectivity index (χ0n) is 23.9. The zero-order valence-corrected chi connectivity index (χ0v) is 23.9. The Hall–Kier alpha value is -3.64. The maximum Gasteiger partial charge on any atom is 0.337 e. The molecule has 6 heteroatoms. The number of carboxylic acid groups (broad SMARTS) is 1. The van der Waals surface area contributed by atoms with E-state index in [1.165, 1.54) is 0 Å². The lowest BCUT2D eigenvalue weighted by Gasteiger charge is -2.40. The Kier molecular flexibility index (Phi) is 7.02. The molecule has 1 N–H and O–H groups in total. The molecule has 0 radical (unpaired) electrons. The Morgan fingerprint density at radius 3 is 2.26 bits per heavy atom. The second kappa shape index (κ2) is 10.2. The second-order valence-corrected chi connectivity index (χ2v) is 12.5. The van der Waals surface area contributed by atoms with Gasteiger partial charge in [0.2, 0.25) is 0 Å². The summed E-state index contributed by atoms with van der Waals surface area (Å²) < 4.78 is 8.26. The molecular weight excluding hydrogens is 486 g/mol. The van der Waals surface area contributed by atoms with Gasteiger partial charge in [0, 0.05) is 30.4 Å². The molecule has 6 nitrogen and oxygen atoms in total. The number of aliphatic carboxylic acids is 1. The minimum absolute atomic E-state index is 0.256. The summed E-state index contributed by atoms with van der Waals surface area (Å²) >= 11 is 0. The van der Waals surface area contributed by atoms with Crippen molar-refractivity contribution >= 4 is 17.4 Å². The van der Waals surface area contributed by atoms with Gasteiger partial charge in [0.25, 0.3) is 0 Å². The SMILES string of the molecule is Cc1cc2nc(-c3cccc(-c4ccccc4)c3)cn2c(N2CCC(C)(C)CC2)c1[C@H](OC(C)(C)C)C(=O)O. The number of benzene rings is 2. The van der Waals surface area contributed by atoms with E-state index in [9.17, 15) is 9.90 Å². The van der Waals surface area contributed by atoms with Crippen LogP contribution in [-0.2, 0) is 9.53 Å². The highest BCUT2D eigenvalue weighted by Gasteiger charge is 2.35. The van der Waals surface area contributed by atoms with Gasteiger partial charge in [0.15, 0.2) is 6.10 Å². The molecule has 1 atom stereocenters. The van der Waals surface area contributed by atoms with Crippen LogP contribution in [0.2, 0.25) is 0 Å². The maximum atomic E-state index is 12.6. The first kappa shape index (κ1) is 26.9. The number of aryl methyl sites for hydroxylation is 1. The highest BCUT2D eigenvalue weighted by molar-refractivity contribution is 5.80. The van der Waals surface area contributed by atoms with Crippen LogP contribution in [0.4, 0.5) is 5.82 Å². The number of imidazole rings is 1. The summed E-state index contributed by atoms with van der Waals surface area (Å²) in [6, 6.07) is 20.7. The Morgan fingerprint density at radius 2 is 1.62 bits per heavy atom. The minimum atomic E-state index is -1.09. The van der Waals surface area contributed by atoms with Crippen molar-refractivity contribution in [3.63, 3.8) is 0 Å². The smallest absolute Gasteiger partial charge is 0.337 e. The van der Waals surface area contributed by atoms with E-state index in [1.807, 2.05) is 58.2 Å². The monoisotopic (exact) mass is 525 g/mol. The number of hydrogen-bond acceptors (Lipinski definition) is 4. The minimum Gasteiger partial charge on any atom is -0.479 e. The third-order valence-corrected chi connectivity index (χ3v) is 7.61. The molecule has 2 aromatic heterocycles. The third kappa shape index (κ3) is 5.71. The fourth-order valence-corrected chi connectivity index (χ4v) is 5.43. The molecule has 0 aliphatic carbocycles. The van der Waals surface area contributed by atoms with Gasteiger partial charge in [-0.15, -0.1) is 0 Å². The van der Waals surface area contributed by atoms with Crippen LogP contribution in [0.5, 0.6) is 0 Å². The Balaban J connectivity index is 1.68. The molecular formula is C33H39N3O3. The summed E-state index contributed by atoms with van der Waals surface area (Å²) in [7, 11) is 0. The molecule has 0 saturated carbocycles. The molecule has 204 valence electrons. The first-order valence-electron chi connectivity index (χ1n) is 13.8. The zero-order chi connectivity index (χ0) is 27.9. The van der Waals surface area contributed by atoms with E-state index in [2.05, 4.69) is 59.5 Å². The fraction of sp³-hybridized carbons (Fsp3) is 0.394. The van der Waals surface area contributed by atoms with Crippen molar-refractivity contribution in [1.29, 1.82) is 0 Å². The lowest BCUT2D eigenvalue weighted by Crippen LogP contribution is -2.40. The van der Waals surface area contributed by atoms with Crippen molar-refractivity contribution in [2.45, 2.75) is 66.1 Å². The molecule has 0 spiro atoms. The Morgan fingerprint density at radius 1 is 0.974 bits per heavy atom. The van der Waals surface area contributed by atoms with Crippen molar-refractivity contribution < 1.29 is 14.6 Å². The average Bonchev–Trinajstić information content (AvgIpc) is 3.30. The molecule has 39 heavy (non-hydrogen) atoms. The molecule has 2 aromatic carbocycles. The van der Waals surface area contributed by atoms with Crippen molar-refractivity contribution in [2.24, 2.45) is 5.41 Å². The van der Waals surface area contributed by atoms with Gasteiger partial charge in [-0.1, -0.05) is 62.4 Å². The standard InChI is InChI=1S/C33H39N3O3/c1-22-19-27-34-26(25-14-10-13-24(20-25)23-11-8-7-9-12-23)21-36(27)30(35-17-15-33(5,6)16-18-35)28(22)29(31(37)38)39-32(2,3)4/h7-14,19-21,29H,15-18H2,1-6H3,(H,37,38)/t29-/m0/s1. The summed E-state index contributed by atoms with van der Waals surface area (Å²) in [6.07, 6.45) is 3.01. The maximum absolute atomic E-state index is 12.6. The van der Waals surface area contributed by atoms with Gasteiger partial charge < -0.3 is 14.7 Å². The van der Waals surface area contributed by atoms with E-state index < -0.39 is 17.7 Å². The number of anilines is 1. The van der Waals surface area contributed by atoms with Gasteiger partial charge in [-0.25, -0.2) is 9.78 Å². The van der Waals surface area contributed by atoms with Gasteiger partial charge >= 0.3 is 5.97 Å². The molecule has 5 rings (SSSR count). The van der Waals surface area contributed by atoms with Crippen LogP contribution < -0.4 is 4.90 Å². The van der Waals surface area contributed by atoms with Crippen LogP contribution >= 0.6 is 0 Å². The summed E-state index contributed by atoms with van der Waals surface area (Å²) in [5.74, 6) is -0.114. The molecule has 3 heterocycles. The fourth-order valence-electron chi connectivity index (χ4n) is 5.43. The first-order chi connectivity index (χ1) is 18.4. The molecule has 1 saturated heterocycles. The Labute approximate surface area is 231 Å². The van der Waals surface area contributed by atoms with Crippen molar-refractivity contribution in [2.75, 3.05) is 18.0 Å². The molecule has 1 fully saturated rings. The van der Waals surface area contributed by atoms with Gasteiger partial charge in [-0.05, 0) is 74.8 Å². The van der Waals surface area contributed by atoms with E-state index in [0.717, 1.165) is 65.3 Å². The van der Waals surface area contributed by atoms with Crippen LogP contribution in [0.3, 0.4) is 0 Å². The predicted molar refractivity (Wildman–Crippen MR) is 157 cm³/mol. The van der Waals surface area contributed by atoms with E-state index >= 15 is 0 Å². The number of carboxylic acids is 1. The Bertz CT molecular complexity index is 1490. The van der Waals surface area contributed by atoms with Crippen molar-refractivity contribution in [3.05, 3.63) is 78.0 Å². The molecule has 1 aliphatic rings. The van der Waals surface area contributed by atoms with Gasteiger partial charge in [-0.2, -0.15) is 0 Å². The number of carbonyl (C=O) groups is 1. The number of piperidine rings is 1. The van der Waals surface area contributed by atoms with E-state index in [4.69, 9.17) is 9.72 Å². The lowest BCUT2D eigenvalue weighted by molar-refractivity contribution is -0.160. The van der Waals surface area contributed by atoms with Gasteiger partial charge in [0.05, 0.1) is 11.3 Å². The topological polar surface area (TPSA) is 67.1 Å². The second-order valence-electron chi connectivity index (χ2n) is 12.5. The third-order valence-electron chi connectivity index (χ3n) is 7.61. The lowest BCUT2D eigenvalue weighted by atomic mass is 9.82. The number of hydrogen-bond donors (Lipinski definition) is 1. The number of aromatic nitrogens is 2. The number of ether oxygens (including phenoxy) is 1. The van der Waals surface area contributed by atoms with Crippen LogP contribution in [0.15, 0.2) is 66.9 Å². The normalized spacial score (nSPS) is 16.4. The van der Waals surface area contributed by atoms with Crippen LogP contribution in [0, 0.1) is 12.3 Å². The average molecular weight is 526 g/mol. The summed E-state index contributed by atoms with van der Waals surface area (Å²) in [5, 5.41) is 10.3. The van der Waals surface area contributed by atoms with Gasteiger partial charge in [-0.3, -0.25) is 4.40 Å². The quantitative estimate of drug-likeness (QED) is 0.282. The van der Waals surface area contributed by atoms with Crippen LogP contribution in [0.1, 0.15) is 64.7 Å². The number of rotatable bonds is 6. The molecule has 4 aromatic rings. The molecule has 0 amide bonds. The molecule has 0 unspecified atom stereocenters. The first-order valence-corrected chi connectivity index (χ1v) is 13.8. The number of nitrogens with zero attached hydrogens (tertiary/aromatic N) is 3. The van der Waals surface area contributed by atoms with Gasteiger partial charge in [0.1, 0.15) is 11.5 Å². The number of pyridine rings is 1. The summed E-state index contributed by atoms with van der Waals surface area (Å²) in [4.78, 5) is 20.0. The predicted octanol–water partition coefficient (Wildman–Crippen LogP) is 7.54. The summed E-state index contributed by atoms with van der Waals surface area (Å²) in [5.41, 5.74) is 6.16. The highest BCUT2D eigenvalue weighted by Crippen LogP contribution is 2.40. The summed E-state index contributed by atoms with van der Waals surface area (Å²) in [6.45, 7) is 14.0. The highest BCUT2D eigenvalue weighted by atomic mass is 16.5. The largest absolute Gasteiger partial charge is 0.479 e. The number of fused-ring (bicyclic) bond motifs is 1. The molecule has 0 bridgehead atoms. The van der Waals surface area contributed by atoms with E-state index in [1.54, 1.807) is 0 Å². The van der Waals surface area contributed by atoms with Crippen LogP contribution in [0.25, 0.3) is 28.0 Å². The molecule has 1 aliphatic heterocycles. The van der Waals surface area contributed by atoms with Crippen molar-refractivity contribution in [3.8, 4) is 22.4 Å². The van der Waals surface area contributed by atoms with Crippen LogP contribution in [-0.4, -0.2) is 39.2 Å². The van der Waals surface area contributed by atoms with E-state index in [-0.39, 0.29) is 5.41 Å².